The molecule has 3 heteroatoms. The van der Waals surface area contributed by atoms with Crippen molar-refractivity contribution in [3.8, 4) is 0 Å². The normalized spacial score (nSPS) is 31.5. The first-order valence-corrected chi connectivity index (χ1v) is 5.63. The van der Waals surface area contributed by atoms with Crippen molar-refractivity contribution < 1.29 is 4.39 Å². The summed E-state index contributed by atoms with van der Waals surface area (Å²) < 4.78 is 13.6. The van der Waals surface area contributed by atoms with Crippen LogP contribution in [0.15, 0.2) is 24.3 Å². The van der Waals surface area contributed by atoms with Gasteiger partial charge in [0.05, 0.1) is 0 Å². The van der Waals surface area contributed by atoms with Gasteiger partial charge >= 0.3 is 0 Å². The number of nitrogens with one attached hydrogen (secondary N) is 1. The monoisotopic (exact) mass is 227 g/mol. The molecule has 1 aromatic rings. The molecule has 1 nitrogen and oxygen atoms in total. The lowest BCUT2D eigenvalue weighted by Crippen LogP contribution is -2.41. The predicted octanol–water partition coefficient (Wildman–Crippen LogP) is 3.49. The quantitative estimate of drug-likeness (QED) is 0.775. The van der Waals surface area contributed by atoms with Gasteiger partial charge in [0.25, 0.3) is 0 Å². The van der Waals surface area contributed by atoms with Crippen molar-refractivity contribution in [2.45, 2.75) is 31.5 Å². The number of hydrogen-bond donors (Lipinski definition) is 1. The van der Waals surface area contributed by atoms with Crippen LogP contribution in [0.2, 0.25) is 5.02 Å². The summed E-state index contributed by atoms with van der Waals surface area (Å²) in [7, 11) is 0. The molecule has 0 aliphatic carbocycles. The fraction of sp³-hybridized carbons (Fsp3) is 0.500. The highest BCUT2D eigenvalue weighted by Crippen LogP contribution is 2.33. The van der Waals surface area contributed by atoms with E-state index in [-0.39, 0.29) is 6.04 Å². The van der Waals surface area contributed by atoms with Crippen molar-refractivity contribution in [2.24, 2.45) is 0 Å². The van der Waals surface area contributed by atoms with Crippen molar-refractivity contribution in [2.75, 3.05) is 6.54 Å². The van der Waals surface area contributed by atoms with E-state index in [1.54, 1.807) is 6.92 Å². The van der Waals surface area contributed by atoms with Crippen molar-refractivity contribution in [3.63, 3.8) is 0 Å². The van der Waals surface area contributed by atoms with E-state index < -0.39 is 5.67 Å². The summed E-state index contributed by atoms with van der Waals surface area (Å²) in [5, 5.41) is 3.97. The van der Waals surface area contributed by atoms with Crippen molar-refractivity contribution in [1.29, 1.82) is 0 Å². The highest BCUT2D eigenvalue weighted by atomic mass is 35.5. The van der Waals surface area contributed by atoms with E-state index in [1.807, 2.05) is 24.3 Å². The maximum absolute atomic E-state index is 13.6. The Morgan fingerprint density at radius 2 is 2.20 bits per heavy atom. The number of halogens is 2. The molecule has 1 saturated heterocycles. The van der Waals surface area contributed by atoms with Crippen LogP contribution in [-0.4, -0.2) is 12.2 Å². The molecule has 0 saturated carbocycles. The van der Waals surface area contributed by atoms with Crippen LogP contribution in [0, 0.1) is 0 Å². The molecule has 15 heavy (non-hydrogen) atoms. The smallest absolute Gasteiger partial charge is 0.120 e. The molecule has 2 atom stereocenters. The molecule has 1 aromatic carbocycles. The first-order chi connectivity index (χ1) is 7.08. The average Bonchev–Trinajstić information content (AvgIpc) is 2.19. The third kappa shape index (κ3) is 2.50. The van der Waals surface area contributed by atoms with E-state index in [0.717, 1.165) is 17.0 Å². The fourth-order valence-corrected chi connectivity index (χ4v) is 2.26. The van der Waals surface area contributed by atoms with E-state index in [1.165, 1.54) is 0 Å². The van der Waals surface area contributed by atoms with Gasteiger partial charge in [-0.2, -0.15) is 0 Å². The van der Waals surface area contributed by atoms with Crippen LogP contribution in [-0.2, 0) is 0 Å². The standard InChI is InChI=1S/C12H15ClFN/c1-12(14)7-6-11(15-8-12)9-4-2-3-5-10(9)13/h2-5,11,15H,6-8H2,1H3. The zero-order valence-electron chi connectivity index (χ0n) is 8.76. The highest BCUT2D eigenvalue weighted by molar-refractivity contribution is 6.31. The van der Waals surface area contributed by atoms with E-state index >= 15 is 0 Å². The van der Waals surface area contributed by atoms with Gasteiger partial charge in [0.1, 0.15) is 5.67 Å². The molecule has 0 aromatic heterocycles. The lowest BCUT2D eigenvalue weighted by atomic mass is 9.90. The molecule has 0 radical (unpaired) electrons. The SMILES string of the molecule is CC1(F)CCC(c2ccccc2Cl)NC1. The Morgan fingerprint density at radius 1 is 1.47 bits per heavy atom. The summed E-state index contributed by atoms with van der Waals surface area (Å²) in [6.07, 6.45) is 1.40. The van der Waals surface area contributed by atoms with E-state index in [2.05, 4.69) is 5.32 Å². The third-order valence-electron chi connectivity index (χ3n) is 2.95. The van der Waals surface area contributed by atoms with Gasteiger partial charge in [-0.15, -0.1) is 0 Å². The Hall–Kier alpha value is -0.600. The van der Waals surface area contributed by atoms with Gasteiger partial charge in [-0.1, -0.05) is 29.8 Å². The van der Waals surface area contributed by atoms with Gasteiger partial charge in [-0.05, 0) is 31.4 Å². The van der Waals surface area contributed by atoms with Gasteiger partial charge in [0.2, 0.25) is 0 Å². The minimum absolute atomic E-state index is 0.197. The van der Waals surface area contributed by atoms with Gasteiger partial charge < -0.3 is 5.32 Å². The second-order valence-corrected chi connectivity index (χ2v) is 4.81. The molecule has 1 fully saturated rings. The molecule has 0 amide bonds. The fourth-order valence-electron chi connectivity index (χ4n) is 1.99. The number of benzene rings is 1. The summed E-state index contributed by atoms with van der Waals surface area (Å²) in [5.41, 5.74) is 0.00672. The molecule has 1 heterocycles. The number of hydrogen-bond acceptors (Lipinski definition) is 1. The highest BCUT2D eigenvalue weighted by Gasteiger charge is 2.31. The largest absolute Gasteiger partial charge is 0.307 e. The molecule has 1 aliphatic rings. The summed E-state index contributed by atoms with van der Waals surface area (Å²) >= 11 is 6.09. The van der Waals surface area contributed by atoms with Crippen LogP contribution in [0.5, 0.6) is 0 Å². The molecule has 0 spiro atoms. The zero-order valence-corrected chi connectivity index (χ0v) is 9.52. The molecule has 0 bridgehead atoms. The van der Waals surface area contributed by atoms with E-state index in [9.17, 15) is 4.39 Å². The van der Waals surface area contributed by atoms with Crippen LogP contribution in [0.1, 0.15) is 31.4 Å². The summed E-state index contributed by atoms with van der Waals surface area (Å²) in [4.78, 5) is 0. The van der Waals surface area contributed by atoms with Crippen LogP contribution in [0.3, 0.4) is 0 Å². The Balaban J connectivity index is 2.11. The molecule has 1 N–H and O–H groups in total. The predicted molar refractivity (Wildman–Crippen MR) is 60.9 cm³/mol. The molecule has 2 unspecified atom stereocenters. The van der Waals surface area contributed by atoms with E-state index in [0.29, 0.717) is 13.0 Å². The molecular weight excluding hydrogens is 213 g/mol. The lowest BCUT2D eigenvalue weighted by molar-refractivity contribution is 0.125. The van der Waals surface area contributed by atoms with Crippen molar-refractivity contribution in [1.82, 2.24) is 5.32 Å². The van der Waals surface area contributed by atoms with Crippen molar-refractivity contribution >= 4 is 11.6 Å². The zero-order chi connectivity index (χ0) is 10.9. The number of alkyl halides is 1. The number of rotatable bonds is 1. The summed E-state index contributed by atoms with van der Waals surface area (Å²) in [6.45, 7) is 2.05. The van der Waals surface area contributed by atoms with Gasteiger partial charge in [0.15, 0.2) is 0 Å². The minimum atomic E-state index is -1.07. The van der Waals surface area contributed by atoms with Gasteiger partial charge in [0, 0.05) is 17.6 Å². The Bertz CT molecular complexity index is 341. The summed E-state index contributed by atoms with van der Waals surface area (Å²) in [6, 6.07) is 7.95. The maximum Gasteiger partial charge on any atom is 0.120 e. The Morgan fingerprint density at radius 3 is 2.80 bits per heavy atom. The minimum Gasteiger partial charge on any atom is -0.307 e. The topological polar surface area (TPSA) is 12.0 Å². The van der Waals surface area contributed by atoms with Gasteiger partial charge in [-0.25, -0.2) is 4.39 Å². The first-order valence-electron chi connectivity index (χ1n) is 5.25. The molecule has 2 rings (SSSR count). The second-order valence-electron chi connectivity index (χ2n) is 4.41. The van der Waals surface area contributed by atoms with Gasteiger partial charge in [-0.3, -0.25) is 0 Å². The Kier molecular flexibility index (Phi) is 2.98. The van der Waals surface area contributed by atoms with Crippen LogP contribution < -0.4 is 5.32 Å². The molecular formula is C12H15ClFN. The maximum atomic E-state index is 13.6. The van der Waals surface area contributed by atoms with Crippen LogP contribution in [0.25, 0.3) is 0 Å². The van der Waals surface area contributed by atoms with E-state index in [4.69, 9.17) is 11.6 Å². The third-order valence-corrected chi connectivity index (χ3v) is 3.30. The molecule has 1 aliphatic heterocycles. The second kappa shape index (κ2) is 4.11. The van der Waals surface area contributed by atoms with Crippen LogP contribution >= 0.6 is 11.6 Å². The van der Waals surface area contributed by atoms with Crippen molar-refractivity contribution in [3.05, 3.63) is 34.9 Å². The van der Waals surface area contributed by atoms with Crippen LogP contribution in [0.4, 0.5) is 4.39 Å². The Labute approximate surface area is 94.6 Å². The molecule has 82 valence electrons. The average molecular weight is 228 g/mol. The number of piperidine rings is 1. The first kappa shape index (κ1) is 10.9. The summed E-state index contributed by atoms with van der Waals surface area (Å²) in [5.74, 6) is 0. The lowest BCUT2D eigenvalue weighted by Gasteiger charge is -2.32.